The first kappa shape index (κ1) is 16.3. The number of likely N-dealkylation sites (tertiary alicyclic amines) is 1. The number of nitrogens with zero attached hydrogens (tertiary/aromatic N) is 1. The van der Waals surface area contributed by atoms with Crippen molar-refractivity contribution in [3.8, 4) is 0 Å². The van der Waals surface area contributed by atoms with Gasteiger partial charge in [-0.3, -0.25) is 9.59 Å². The van der Waals surface area contributed by atoms with Crippen molar-refractivity contribution in [3.05, 3.63) is 34.9 Å². The van der Waals surface area contributed by atoms with E-state index in [1.165, 1.54) is 0 Å². The van der Waals surface area contributed by atoms with E-state index in [0.717, 1.165) is 42.8 Å². The minimum atomic E-state index is -0.820. The lowest BCUT2D eigenvalue weighted by Crippen LogP contribution is -2.45. The third-order valence-electron chi connectivity index (χ3n) is 5.36. The number of hydrogen-bond donors (Lipinski definition) is 1. The summed E-state index contributed by atoms with van der Waals surface area (Å²) in [6, 6.07) is 7.85. The summed E-state index contributed by atoms with van der Waals surface area (Å²) in [7, 11) is 0. The summed E-state index contributed by atoms with van der Waals surface area (Å²) in [4.78, 5) is 26.0. The number of carbonyl (C=O) groups excluding carboxylic acids is 1. The van der Waals surface area contributed by atoms with E-state index >= 15 is 0 Å². The number of halogens is 1. The minimum Gasteiger partial charge on any atom is -0.481 e. The quantitative estimate of drug-likeness (QED) is 0.895. The van der Waals surface area contributed by atoms with E-state index in [-0.39, 0.29) is 18.4 Å². The summed E-state index contributed by atoms with van der Waals surface area (Å²) < 4.78 is 0. The molecule has 1 heterocycles. The number of benzene rings is 1. The van der Waals surface area contributed by atoms with Crippen LogP contribution in [0, 0.1) is 5.41 Å². The molecule has 0 radical (unpaired) electrons. The second kappa shape index (κ2) is 6.52. The Hall–Kier alpha value is -1.55. The average Bonchev–Trinajstić information content (AvgIpc) is 2.93. The van der Waals surface area contributed by atoms with E-state index in [1.54, 1.807) is 0 Å². The highest BCUT2D eigenvalue weighted by Gasteiger charge is 2.47. The SMILES string of the molecule is O=C(CC1(C(=O)O)CCC1)N1CCCC1Cc1ccccc1Cl. The van der Waals surface area contributed by atoms with Gasteiger partial charge in [-0.25, -0.2) is 0 Å². The van der Waals surface area contributed by atoms with Gasteiger partial charge in [0, 0.05) is 24.0 Å². The van der Waals surface area contributed by atoms with Gasteiger partial charge in [0.25, 0.3) is 0 Å². The summed E-state index contributed by atoms with van der Waals surface area (Å²) in [5.41, 5.74) is 0.240. The molecule has 0 spiro atoms. The van der Waals surface area contributed by atoms with E-state index in [2.05, 4.69) is 0 Å². The Balaban J connectivity index is 1.68. The lowest BCUT2D eigenvalue weighted by molar-refractivity contribution is -0.159. The van der Waals surface area contributed by atoms with Crippen molar-refractivity contribution in [1.82, 2.24) is 4.90 Å². The lowest BCUT2D eigenvalue weighted by atomic mass is 9.66. The molecule has 2 aliphatic rings. The molecule has 1 saturated carbocycles. The summed E-state index contributed by atoms with van der Waals surface area (Å²) in [5.74, 6) is -0.833. The Morgan fingerprint density at radius 1 is 1.26 bits per heavy atom. The first-order valence-corrected chi connectivity index (χ1v) is 8.66. The Labute approximate surface area is 141 Å². The number of aliphatic carboxylic acids is 1. The summed E-state index contributed by atoms with van der Waals surface area (Å²) >= 11 is 6.23. The fourth-order valence-electron chi connectivity index (χ4n) is 3.75. The Bertz CT molecular complexity index is 612. The van der Waals surface area contributed by atoms with Gasteiger partial charge in [-0.2, -0.15) is 0 Å². The molecule has 1 aliphatic carbocycles. The molecule has 1 aromatic rings. The highest BCUT2D eigenvalue weighted by Crippen LogP contribution is 2.45. The van der Waals surface area contributed by atoms with Crippen LogP contribution in [0.3, 0.4) is 0 Å². The highest BCUT2D eigenvalue weighted by atomic mass is 35.5. The zero-order chi connectivity index (χ0) is 16.4. The fourth-order valence-corrected chi connectivity index (χ4v) is 3.97. The number of carboxylic acids is 1. The number of hydrogen-bond acceptors (Lipinski definition) is 2. The van der Waals surface area contributed by atoms with Crippen molar-refractivity contribution in [1.29, 1.82) is 0 Å². The van der Waals surface area contributed by atoms with Gasteiger partial charge in [0.15, 0.2) is 0 Å². The van der Waals surface area contributed by atoms with Crippen LogP contribution in [0.5, 0.6) is 0 Å². The first-order valence-electron chi connectivity index (χ1n) is 8.28. The molecule has 23 heavy (non-hydrogen) atoms. The van der Waals surface area contributed by atoms with Gasteiger partial charge in [-0.15, -0.1) is 0 Å². The second-order valence-corrected chi connectivity index (χ2v) is 7.20. The fraction of sp³-hybridized carbons (Fsp3) is 0.556. The first-order chi connectivity index (χ1) is 11.0. The van der Waals surface area contributed by atoms with Crippen LogP contribution in [-0.2, 0) is 16.0 Å². The number of rotatable bonds is 5. The molecule has 0 aromatic heterocycles. The van der Waals surface area contributed by atoms with Gasteiger partial charge in [-0.05, 0) is 43.7 Å². The van der Waals surface area contributed by atoms with Crippen molar-refractivity contribution >= 4 is 23.5 Å². The van der Waals surface area contributed by atoms with Gasteiger partial charge in [0.05, 0.1) is 5.41 Å². The molecule has 0 bridgehead atoms. The van der Waals surface area contributed by atoms with E-state index in [0.29, 0.717) is 12.8 Å². The number of amides is 1. The van der Waals surface area contributed by atoms with E-state index in [1.807, 2.05) is 29.2 Å². The maximum Gasteiger partial charge on any atom is 0.310 e. The van der Waals surface area contributed by atoms with Crippen LogP contribution in [-0.4, -0.2) is 34.5 Å². The van der Waals surface area contributed by atoms with Gasteiger partial charge < -0.3 is 10.0 Å². The maximum atomic E-state index is 12.7. The predicted octanol–water partition coefficient (Wildman–Crippen LogP) is 3.52. The molecule has 3 rings (SSSR count). The average molecular weight is 336 g/mol. The van der Waals surface area contributed by atoms with Crippen LogP contribution in [0.4, 0.5) is 0 Å². The number of carbonyl (C=O) groups is 2. The minimum absolute atomic E-state index is 0.0124. The molecule has 5 heteroatoms. The zero-order valence-corrected chi connectivity index (χ0v) is 13.9. The summed E-state index contributed by atoms with van der Waals surface area (Å²) in [6.07, 6.45) is 4.96. The highest BCUT2D eigenvalue weighted by molar-refractivity contribution is 6.31. The topological polar surface area (TPSA) is 57.6 Å². The molecule has 1 N–H and O–H groups in total. The molecule has 1 atom stereocenters. The second-order valence-electron chi connectivity index (χ2n) is 6.79. The smallest absolute Gasteiger partial charge is 0.310 e. The van der Waals surface area contributed by atoms with E-state index in [9.17, 15) is 14.7 Å². The van der Waals surface area contributed by atoms with Crippen LogP contribution in [0.15, 0.2) is 24.3 Å². The van der Waals surface area contributed by atoms with E-state index < -0.39 is 11.4 Å². The normalized spacial score (nSPS) is 22.7. The maximum absolute atomic E-state index is 12.7. The van der Waals surface area contributed by atoms with Gasteiger partial charge in [0.1, 0.15) is 0 Å². The Morgan fingerprint density at radius 2 is 2.00 bits per heavy atom. The van der Waals surface area contributed by atoms with Crippen LogP contribution >= 0.6 is 11.6 Å². The monoisotopic (exact) mass is 335 g/mol. The van der Waals surface area contributed by atoms with Crippen molar-refractivity contribution in [2.24, 2.45) is 5.41 Å². The largest absolute Gasteiger partial charge is 0.481 e. The third kappa shape index (κ3) is 3.23. The van der Waals surface area contributed by atoms with Crippen LogP contribution in [0.1, 0.15) is 44.1 Å². The molecule has 1 aromatic carbocycles. The molecule has 2 fully saturated rings. The van der Waals surface area contributed by atoms with E-state index in [4.69, 9.17) is 11.6 Å². The molecule has 1 aliphatic heterocycles. The molecule has 124 valence electrons. The molecule has 1 saturated heterocycles. The molecule has 1 unspecified atom stereocenters. The lowest BCUT2D eigenvalue weighted by Gasteiger charge is -2.38. The van der Waals surface area contributed by atoms with Crippen molar-refractivity contribution in [3.63, 3.8) is 0 Å². The van der Waals surface area contributed by atoms with Gasteiger partial charge in [0.2, 0.25) is 5.91 Å². The molecule has 4 nitrogen and oxygen atoms in total. The predicted molar refractivity (Wildman–Crippen MR) is 88.4 cm³/mol. The summed E-state index contributed by atoms with van der Waals surface area (Å²) in [5, 5.41) is 10.2. The zero-order valence-electron chi connectivity index (χ0n) is 13.1. The molecular weight excluding hydrogens is 314 g/mol. The summed E-state index contributed by atoms with van der Waals surface area (Å²) in [6.45, 7) is 0.726. The Kier molecular flexibility index (Phi) is 4.62. The van der Waals surface area contributed by atoms with Crippen LogP contribution in [0.2, 0.25) is 5.02 Å². The van der Waals surface area contributed by atoms with Crippen molar-refractivity contribution < 1.29 is 14.7 Å². The van der Waals surface area contributed by atoms with Crippen LogP contribution < -0.4 is 0 Å². The van der Waals surface area contributed by atoms with Gasteiger partial charge >= 0.3 is 5.97 Å². The Morgan fingerprint density at radius 3 is 2.61 bits per heavy atom. The van der Waals surface area contributed by atoms with Crippen molar-refractivity contribution in [2.75, 3.05) is 6.54 Å². The molecule has 1 amide bonds. The van der Waals surface area contributed by atoms with Crippen molar-refractivity contribution in [2.45, 2.75) is 51.0 Å². The van der Waals surface area contributed by atoms with Crippen LogP contribution in [0.25, 0.3) is 0 Å². The molecular formula is C18H22ClNO3. The third-order valence-corrected chi connectivity index (χ3v) is 5.73. The number of carboxylic acid groups (broad SMARTS) is 1. The standard InChI is InChI=1S/C18H22ClNO3/c19-15-7-2-1-5-13(15)11-14-6-3-10-20(14)16(21)12-18(17(22)23)8-4-9-18/h1-2,5,7,14H,3-4,6,8-12H2,(H,22,23). The van der Waals surface area contributed by atoms with Gasteiger partial charge in [-0.1, -0.05) is 36.2 Å².